The molecule has 3 aromatic rings. The molecule has 0 atom stereocenters. The summed E-state index contributed by atoms with van der Waals surface area (Å²) >= 11 is 0. The van der Waals surface area contributed by atoms with Crippen LogP contribution in [0.15, 0.2) is 39.3 Å². The van der Waals surface area contributed by atoms with Crippen LogP contribution in [-0.2, 0) is 6.54 Å². The lowest BCUT2D eigenvalue weighted by Gasteiger charge is -2.02. The van der Waals surface area contributed by atoms with Crippen LogP contribution < -0.4 is 5.32 Å². The van der Waals surface area contributed by atoms with Crippen molar-refractivity contribution in [1.82, 2.24) is 15.5 Å². The van der Waals surface area contributed by atoms with Gasteiger partial charge in [-0.15, -0.1) is 0 Å². The summed E-state index contributed by atoms with van der Waals surface area (Å²) in [7, 11) is 0. The zero-order valence-corrected chi connectivity index (χ0v) is 10.9. The minimum atomic E-state index is 0.383. The Bertz CT molecular complexity index is 652. The number of para-hydroxylation sites is 1. The van der Waals surface area contributed by atoms with Crippen molar-refractivity contribution in [3.8, 4) is 11.7 Å². The lowest BCUT2D eigenvalue weighted by molar-refractivity contribution is 0.407. The van der Waals surface area contributed by atoms with Crippen LogP contribution in [0.25, 0.3) is 22.6 Å². The monoisotopic (exact) mass is 257 g/mol. The van der Waals surface area contributed by atoms with Crippen molar-refractivity contribution in [3.63, 3.8) is 0 Å². The molecule has 5 heteroatoms. The second kappa shape index (κ2) is 4.85. The van der Waals surface area contributed by atoms with Crippen molar-refractivity contribution in [2.45, 2.75) is 26.4 Å². The highest BCUT2D eigenvalue weighted by Gasteiger charge is 2.13. The van der Waals surface area contributed by atoms with E-state index in [1.165, 1.54) is 0 Å². The summed E-state index contributed by atoms with van der Waals surface area (Å²) in [5.74, 6) is 1.64. The second-order valence-electron chi connectivity index (χ2n) is 4.70. The van der Waals surface area contributed by atoms with E-state index in [0.29, 0.717) is 30.1 Å². The van der Waals surface area contributed by atoms with Crippen molar-refractivity contribution >= 4 is 11.0 Å². The summed E-state index contributed by atoms with van der Waals surface area (Å²) < 4.78 is 10.9. The standard InChI is InChI=1S/C14H15N3O2/c1-9(2)15-8-13-16-14(19-17-13)12-7-10-5-3-4-6-11(10)18-12/h3-7,9,15H,8H2,1-2H3. The summed E-state index contributed by atoms with van der Waals surface area (Å²) in [6.45, 7) is 4.72. The highest BCUT2D eigenvalue weighted by Crippen LogP contribution is 2.26. The Morgan fingerprint density at radius 2 is 2.11 bits per heavy atom. The van der Waals surface area contributed by atoms with Crippen LogP contribution in [0.3, 0.4) is 0 Å². The quantitative estimate of drug-likeness (QED) is 0.778. The zero-order valence-electron chi connectivity index (χ0n) is 10.9. The summed E-state index contributed by atoms with van der Waals surface area (Å²) in [6, 6.07) is 10.1. The fourth-order valence-corrected chi connectivity index (χ4v) is 1.81. The maximum Gasteiger partial charge on any atom is 0.293 e. The SMILES string of the molecule is CC(C)NCc1noc(-c2cc3ccccc3o2)n1. The van der Waals surface area contributed by atoms with E-state index < -0.39 is 0 Å². The number of furan rings is 1. The molecule has 2 aromatic heterocycles. The van der Waals surface area contributed by atoms with Crippen molar-refractivity contribution < 1.29 is 8.94 Å². The van der Waals surface area contributed by atoms with Crippen molar-refractivity contribution in [2.75, 3.05) is 0 Å². The molecular formula is C14H15N3O2. The number of nitrogens with one attached hydrogen (secondary N) is 1. The molecule has 0 aliphatic carbocycles. The predicted molar refractivity (Wildman–Crippen MR) is 71.5 cm³/mol. The first-order valence-corrected chi connectivity index (χ1v) is 6.27. The molecule has 0 saturated carbocycles. The molecule has 0 aliphatic heterocycles. The van der Waals surface area contributed by atoms with Crippen LogP contribution >= 0.6 is 0 Å². The molecule has 0 spiro atoms. The summed E-state index contributed by atoms with van der Waals surface area (Å²) in [5, 5.41) is 8.19. The number of benzene rings is 1. The molecule has 0 bridgehead atoms. The molecule has 0 fully saturated rings. The van der Waals surface area contributed by atoms with Crippen LogP contribution in [0.2, 0.25) is 0 Å². The molecule has 0 radical (unpaired) electrons. The van der Waals surface area contributed by atoms with Crippen LogP contribution in [0, 0.1) is 0 Å². The van der Waals surface area contributed by atoms with Crippen LogP contribution in [0.4, 0.5) is 0 Å². The fraction of sp³-hybridized carbons (Fsp3) is 0.286. The molecule has 19 heavy (non-hydrogen) atoms. The summed E-state index contributed by atoms with van der Waals surface area (Å²) in [5.41, 5.74) is 0.817. The Labute approximate surface area is 110 Å². The van der Waals surface area contributed by atoms with E-state index in [4.69, 9.17) is 8.94 Å². The van der Waals surface area contributed by atoms with Gasteiger partial charge in [0.15, 0.2) is 11.6 Å². The van der Waals surface area contributed by atoms with Crippen molar-refractivity contribution in [1.29, 1.82) is 0 Å². The molecule has 0 amide bonds. The van der Waals surface area contributed by atoms with E-state index in [9.17, 15) is 0 Å². The van der Waals surface area contributed by atoms with Gasteiger partial charge < -0.3 is 14.3 Å². The fourth-order valence-electron chi connectivity index (χ4n) is 1.81. The van der Waals surface area contributed by atoms with Gasteiger partial charge >= 0.3 is 0 Å². The number of nitrogens with zero attached hydrogens (tertiary/aromatic N) is 2. The van der Waals surface area contributed by atoms with Crippen LogP contribution in [0.5, 0.6) is 0 Å². The van der Waals surface area contributed by atoms with E-state index in [0.717, 1.165) is 11.0 Å². The molecule has 0 unspecified atom stereocenters. The van der Waals surface area contributed by atoms with E-state index in [1.54, 1.807) is 0 Å². The van der Waals surface area contributed by atoms with Gasteiger partial charge in [0, 0.05) is 11.4 Å². The van der Waals surface area contributed by atoms with Gasteiger partial charge in [-0.1, -0.05) is 37.2 Å². The Kier molecular flexibility index (Phi) is 3.05. The minimum Gasteiger partial charge on any atom is -0.451 e. The zero-order chi connectivity index (χ0) is 13.2. The van der Waals surface area contributed by atoms with Gasteiger partial charge in [0.1, 0.15) is 5.58 Å². The second-order valence-corrected chi connectivity index (χ2v) is 4.70. The average Bonchev–Trinajstić information content (AvgIpc) is 3.02. The van der Waals surface area contributed by atoms with Gasteiger partial charge in [-0.05, 0) is 12.1 Å². The van der Waals surface area contributed by atoms with Gasteiger partial charge in [-0.2, -0.15) is 4.98 Å². The van der Waals surface area contributed by atoms with Crippen LogP contribution in [-0.4, -0.2) is 16.2 Å². The highest BCUT2D eigenvalue weighted by molar-refractivity contribution is 5.81. The van der Waals surface area contributed by atoms with Crippen molar-refractivity contribution in [3.05, 3.63) is 36.2 Å². The van der Waals surface area contributed by atoms with Gasteiger partial charge in [0.05, 0.1) is 6.54 Å². The van der Waals surface area contributed by atoms with E-state index >= 15 is 0 Å². The van der Waals surface area contributed by atoms with Gasteiger partial charge in [-0.3, -0.25) is 0 Å². The van der Waals surface area contributed by atoms with E-state index in [-0.39, 0.29) is 0 Å². The number of aromatic nitrogens is 2. The largest absolute Gasteiger partial charge is 0.451 e. The highest BCUT2D eigenvalue weighted by atomic mass is 16.5. The molecule has 1 aromatic carbocycles. The normalized spacial score (nSPS) is 11.5. The maximum atomic E-state index is 5.68. The van der Waals surface area contributed by atoms with E-state index in [1.807, 2.05) is 30.3 Å². The molecule has 1 N–H and O–H groups in total. The first kappa shape index (κ1) is 11.9. The molecule has 3 rings (SSSR count). The molecule has 0 aliphatic rings. The number of fused-ring (bicyclic) bond motifs is 1. The molecule has 98 valence electrons. The van der Waals surface area contributed by atoms with Gasteiger partial charge in [0.2, 0.25) is 0 Å². The number of rotatable bonds is 4. The Morgan fingerprint density at radius 1 is 1.26 bits per heavy atom. The third-order valence-corrected chi connectivity index (χ3v) is 2.77. The molecule has 0 saturated heterocycles. The lowest BCUT2D eigenvalue weighted by Crippen LogP contribution is -2.22. The third-order valence-electron chi connectivity index (χ3n) is 2.77. The van der Waals surface area contributed by atoms with Crippen LogP contribution in [0.1, 0.15) is 19.7 Å². The molecule has 2 heterocycles. The minimum absolute atomic E-state index is 0.383. The first-order valence-electron chi connectivity index (χ1n) is 6.27. The summed E-state index contributed by atoms with van der Waals surface area (Å²) in [6.07, 6.45) is 0. The number of hydrogen-bond acceptors (Lipinski definition) is 5. The van der Waals surface area contributed by atoms with E-state index in [2.05, 4.69) is 29.3 Å². The summed E-state index contributed by atoms with van der Waals surface area (Å²) in [4.78, 5) is 4.31. The molecule has 5 nitrogen and oxygen atoms in total. The predicted octanol–water partition coefficient (Wildman–Crippen LogP) is 2.98. The smallest absolute Gasteiger partial charge is 0.293 e. The number of hydrogen-bond donors (Lipinski definition) is 1. The first-order chi connectivity index (χ1) is 9.22. The third kappa shape index (κ3) is 2.51. The lowest BCUT2D eigenvalue weighted by atomic mass is 10.2. The van der Waals surface area contributed by atoms with Crippen molar-refractivity contribution in [2.24, 2.45) is 0 Å². The average molecular weight is 257 g/mol. The topological polar surface area (TPSA) is 64.1 Å². The maximum absolute atomic E-state index is 5.68. The Hall–Kier alpha value is -2.14. The molecular weight excluding hydrogens is 242 g/mol. The Balaban J connectivity index is 1.85. The van der Waals surface area contributed by atoms with Gasteiger partial charge in [0.25, 0.3) is 5.89 Å². The Morgan fingerprint density at radius 3 is 2.89 bits per heavy atom. The van der Waals surface area contributed by atoms with Gasteiger partial charge in [-0.25, -0.2) is 0 Å².